The van der Waals surface area contributed by atoms with Crippen LogP contribution in [-0.4, -0.2) is 73.7 Å². The number of aliphatic hydroxyl groups is 1. The molecule has 0 aliphatic carbocycles. The molecule has 10 heteroatoms. The first kappa shape index (κ1) is 28.5. The number of likely N-dealkylation sites (N-methyl/N-ethyl adjacent to an activating group) is 1. The van der Waals surface area contributed by atoms with Gasteiger partial charge in [0, 0.05) is 55.8 Å². The second-order valence-corrected chi connectivity index (χ2v) is 15.8. The molecule has 9 nitrogen and oxygen atoms in total. The van der Waals surface area contributed by atoms with Gasteiger partial charge in [0.25, 0.3) is 5.91 Å². The summed E-state index contributed by atoms with van der Waals surface area (Å²) in [5.74, 6) is -0.779. The number of nitrogens with zero attached hydrogens (tertiary/aromatic N) is 3. The number of rotatable bonds is 8. The van der Waals surface area contributed by atoms with E-state index < -0.39 is 31.5 Å². The summed E-state index contributed by atoms with van der Waals surface area (Å²) in [6, 6.07) is 15.2. The zero-order valence-electron chi connectivity index (χ0n) is 23.7. The van der Waals surface area contributed by atoms with E-state index in [1.807, 2.05) is 68.5 Å². The van der Waals surface area contributed by atoms with E-state index in [1.54, 1.807) is 21.7 Å². The van der Waals surface area contributed by atoms with E-state index in [2.05, 4.69) is 0 Å². The van der Waals surface area contributed by atoms with Crippen molar-refractivity contribution in [1.29, 1.82) is 0 Å². The van der Waals surface area contributed by atoms with Gasteiger partial charge in [-0.1, -0.05) is 37.3 Å². The Kier molecular flexibility index (Phi) is 7.64. The summed E-state index contributed by atoms with van der Waals surface area (Å²) < 4.78 is 6.73. The summed E-state index contributed by atoms with van der Waals surface area (Å²) in [5.41, 5.74) is 1.30. The van der Waals surface area contributed by atoms with Crippen LogP contribution in [0.5, 0.6) is 0 Å². The number of aliphatic hydroxyl groups excluding tert-OH is 1. The molecule has 3 aliphatic heterocycles. The standard InChI is InChI=1S/C30H39N3O6Si/c1-20-28(40(3,4)38)25(18-27(36)32(15-16-34)19-21-9-6-5-7-10-21)39-30(20)23-17-22(33-14-8-11-26(33)35)12-13-24(23)31(2)29(30)37/h5-7,9-10,12-13,17,20,25,28,34,38H,8,11,14-16,18-19H2,1-4H3/t20-,25+,28-,30+/m0/s1. The lowest BCUT2D eigenvalue weighted by Crippen LogP contribution is -2.45. The molecule has 1 spiro atoms. The van der Waals surface area contributed by atoms with Crippen molar-refractivity contribution in [2.24, 2.45) is 5.92 Å². The first-order valence-corrected chi connectivity index (χ1v) is 17.1. The summed E-state index contributed by atoms with van der Waals surface area (Å²) in [6.07, 6.45) is 0.581. The molecule has 4 atom stereocenters. The summed E-state index contributed by atoms with van der Waals surface area (Å²) in [7, 11) is -1.23. The topological polar surface area (TPSA) is 111 Å². The Labute approximate surface area is 236 Å². The van der Waals surface area contributed by atoms with Gasteiger partial charge in [0.2, 0.25) is 11.8 Å². The molecule has 0 saturated carbocycles. The number of carbonyl (C=O) groups excluding carboxylic acids is 3. The van der Waals surface area contributed by atoms with Gasteiger partial charge in [-0.25, -0.2) is 0 Å². The van der Waals surface area contributed by atoms with Gasteiger partial charge in [0.15, 0.2) is 13.9 Å². The quantitative estimate of drug-likeness (QED) is 0.476. The number of carbonyl (C=O) groups is 3. The van der Waals surface area contributed by atoms with Gasteiger partial charge in [0.05, 0.1) is 24.8 Å². The second-order valence-electron chi connectivity index (χ2n) is 11.8. The molecular formula is C30H39N3O6Si. The Balaban J connectivity index is 1.50. The minimum Gasteiger partial charge on any atom is -0.432 e. The van der Waals surface area contributed by atoms with E-state index in [1.165, 1.54) is 0 Å². The first-order valence-electron chi connectivity index (χ1n) is 14.0. The molecule has 2 aromatic carbocycles. The van der Waals surface area contributed by atoms with Crippen molar-refractivity contribution in [3.05, 3.63) is 59.7 Å². The maximum atomic E-state index is 14.0. The average molecular weight is 566 g/mol. The molecule has 2 saturated heterocycles. The number of hydrogen-bond donors (Lipinski definition) is 2. The molecular weight excluding hydrogens is 526 g/mol. The lowest BCUT2D eigenvalue weighted by molar-refractivity contribution is -0.149. The molecule has 2 N–H and O–H groups in total. The fourth-order valence-electron chi connectivity index (χ4n) is 6.98. The van der Waals surface area contributed by atoms with Crippen molar-refractivity contribution in [3.63, 3.8) is 0 Å². The van der Waals surface area contributed by atoms with Gasteiger partial charge in [-0.2, -0.15) is 0 Å². The Morgan fingerprint density at radius 3 is 2.52 bits per heavy atom. The molecule has 3 amide bonds. The van der Waals surface area contributed by atoms with E-state index >= 15 is 0 Å². The van der Waals surface area contributed by atoms with Crippen molar-refractivity contribution < 1.29 is 29.0 Å². The van der Waals surface area contributed by atoms with Gasteiger partial charge in [-0.05, 0) is 43.3 Å². The van der Waals surface area contributed by atoms with Crippen molar-refractivity contribution in [1.82, 2.24) is 4.90 Å². The zero-order chi connectivity index (χ0) is 28.8. The van der Waals surface area contributed by atoms with Crippen LogP contribution in [0.2, 0.25) is 18.6 Å². The lowest BCUT2D eigenvalue weighted by Gasteiger charge is -2.32. The number of anilines is 2. The van der Waals surface area contributed by atoms with Crippen LogP contribution in [0, 0.1) is 5.92 Å². The largest absolute Gasteiger partial charge is 0.432 e. The summed E-state index contributed by atoms with van der Waals surface area (Å²) in [4.78, 5) is 56.6. The van der Waals surface area contributed by atoms with Crippen molar-refractivity contribution in [3.8, 4) is 0 Å². The third-order valence-electron chi connectivity index (χ3n) is 8.80. The third-order valence-corrected chi connectivity index (χ3v) is 11.3. The van der Waals surface area contributed by atoms with Crippen molar-refractivity contribution in [2.75, 3.05) is 36.5 Å². The Morgan fingerprint density at radius 1 is 1.18 bits per heavy atom. The predicted octanol–water partition coefficient (Wildman–Crippen LogP) is 3.00. The molecule has 3 aliphatic rings. The normalized spacial score (nSPS) is 26.2. The molecule has 0 aromatic heterocycles. The fraction of sp³-hybridized carbons (Fsp3) is 0.500. The number of hydrogen-bond acceptors (Lipinski definition) is 6. The average Bonchev–Trinajstić information content (AvgIpc) is 3.53. The summed E-state index contributed by atoms with van der Waals surface area (Å²) >= 11 is 0. The van der Waals surface area contributed by atoms with Crippen molar-refractivity contribution >= 4 is 37.4 Å². The molecule has 214 valence electrons. The van der Waals surface area contributed by atoms with E-state index in [0.29, 0.717) is 30.8 Å². The van der Waals surface area contributed by atoms with E-state index in [-0.39, 0.29) is 37.3 Å². The van der Waals surface area contributed by atoms with Crippen LogP contribution >= 0.6 is 0 Å². The minimum atomic E-state index is -2.94. The van der Waals surface area contributed by atoms with Gasteiger partial charge in [0.1, 0.15) is 0 Å². The van der Waals surface area contributed by atoms with Crippen LogP contribution in [0.1, 0.15) is 37.3 Å². The van der Waals surface area contributed by atoms with E-state index in [0.717, 1.165) is 17.7 Å². The van der Waals surface area contributed by atoms with E-state index in [4.69, 9.17) is 4.74 Å². The number of amides is 3. The van der Waals surface area contributed by atoms with Gasteiger partial charge in [-0.3, -0.25) is 14.4 Å². The molecule has 2 aromatic rings. The van der Waals surface area contributed by atoms with Gasteiger partial charge < -0.3 is 29.3 Å². The Morgan fingerprint density at radius 2 is 1.90 bits per heavy atom. The van der Waals surface area contributed by atoms with Crippen LogP contribution in [0.15, 0.2) is 48.5 Å². The maximum Gasteiger partial charge on any atom is 0.264 e. The number of fused-ring (bicyclic) bond motifs is 2. The van der Waals surface area contributed by atoms with Crippen LogP contribution in [0.25, 0.3) is 0 Å². The Hall–Kier alpha value is -3.05. The molecule has 5 rings (SSSR count). The van der Waals surface area contributed by atoms with Crippen LogP contribution in [-0.2, 0) is 31.3 Å². The second kappa shape index (κ2) is 10.7. The highest BCUT2D eigenvalue weighted by atomic mass is 28.4. The summed E-state index contributed by atoms with van der Waals surface area (Å²) in [6.45, 7) is 6.55. The zero-order valence-corrected chi connectivity index (χ0v) is 24.7. The van der Waals surface area contributed by atoms with Crippen LogP contribution in [0.3, 0.4) is 0 Å². The van der Waals surface area contributed by atoms with Crippen LogP contribution in [0.4, 0.5) is 11.4 Å². The highest BCUT2D eigenvalue weighted by Gasteiger charge is 2.66. The maximum absolute atomic E-state index is 14.0. The molecule has 0 radical (unpaired) electrons. The third kappa shape index (κ3) is 4.76. The fourth-order valence-corrected chi connectivity index (χ4v) is 9.53. The Bertz CT molecular complexity index is 1300. The monoisotopic (exact) mass is 565 g/mol. The smallest absolute Gasteiger partial charge is 0.264 e. The number of benzene rings is 2. The highest BCUT2D eigenvalue weighted by molar-refractivity contribution is 6.71. The number of ether oxygens (including phenoxy) is 1. The van der Waals surface area contributed by atoms with E-state index in [9.17, 15) is 24.3 Å². The minimum absolute atomic E-state index is 0.0167. The highest BCUT2D eigenvalue weighted by Crippen LogP contribution is 2.59. The molecule has 0 bridgehead atoms. The van der Waals surface area contributed by atoms with Gasteiger partial charge >= 0.3 is 0 Å². The van der Waals surface area contributed by atoms with Crippen molar-refractivity contribution in [2.45, 2.75) is 63.1 Å². The lowest BCUT2D eigenvalue weighted by atomic mass is 9.82. The molecule has 40 heavy (non-hydrogen) atoms. The predicted molar refractivity (Wildman–Crippen MR) is 154 cm³/mol. The molecule has 3 heterocycles. The summed E-state index contributed by atoms with van der Waals surface area (Å²) in [5, 5.41) is 9.69. The molecule has 2 fully saturated rings. The van der Waals surface area contributed by atoms with Gasteiger partial charge in [-0.15, -0.1) is 0 Å². The SMILES string of the molecule is C[C@H]1[C@H]([Si](C)(C)O)[C@@H](CC(=O)N(CCO)Cc2ccccc2)O[C@]12C(=O)N(C)c1ccc(N3CCCC3=O)cc12. The van der Waals surface area contributed by atoms with Crippen LogP contribution < -0.4 is 9.80 Å². The first-order chi connectivity index (χ1) is 19.0. The molecule has 0 unspecified atom stereocenters.